The Morgan fingerprint density at radius 1 is 1.20 bits per heavy atom. The van der Waals surface area contributed by atoms with Gasteiger partial charge in [0.1, 0.15) is 0 Å². The summed E-state index contributed by atoms with van der Waals surface area (Å²) < 4.78 is 0. The molecule has 3 heteroatoms. The van der Waals surface area contributed by atoms with Crippen molar-refractivity contribution in [3.05, 3.63) is 0 Å². The molecule has 1 saturated heterocycles. The zero-order valence-electron chi connectivity index (χ0n) is 14.2. The number of rotatable bonds is 5. The van der Waals surface area contributed by atoms with E-state index < -0.39 is 0 Å². The SMILES string of the molecule is CCNC1CCC(C(C)C)CC1N1CCC(N(C)C)C1. The molecule has 118 valence electrons. The van der Waals surface area contributed by atoms with Crippen molar-refractivity contribution in [2.75, 3.05) is 33.7 Å². The monoisotopic (exact) mass is 281 g/mol. The Hall–Kier alpha value is -0.120. The molecule has 4 unspecified atom stereocenters. The second kappa shape index (κ2) is 7.24. The quantitative estimate of drug-likeness (QED) is 0.835. The molecule has 0 aromatic rings. The van der Waals surface area contributed by atoms with Crippen LogP contribution in [0.3, 0.4) is 0 Å². The van der Waals surface area contributed by atoms with Gasteiger partial charge in [0.15, 0.2) is 0 Å². The molecular weight excluding hydrogens is 246 g/mol. The summed E-state index contributed by atoms with van der Waals surface area (Å²) in [5.74, 6) is 1.76. The first kappa shape index (κ1) is 16.3. The topological polar surface area (TPSA) is 18.5 Å². The van der Waals surface area contributed by atoms with Gasteiger partial charge in [-0.25, -0.2) is 0 Å². The predicted octanol–water partition coefficient (Wildman–Crippen LogP) is 2.43. The largest absolute Gasteiger partial charge is 0.313 e. The van der Waals surface area contributed by atoms with Crippen molar-refractivity contribution in [3.8, 4) is 0 Å². The average molecular weight is 281 g/mol. The molecule has 0 spiro atoms. The predicted molar refractivity (Wildman–Crippen MR) is 87.1 cm³/mol. The molecule has 1 saturated carbocycles. The van der Waals surface area contributed by atoms with Crippen LogP contribution < -0.4 is 5.32 Å². The number of likely N-dealkylation sites (tertiary alicyclic amines) is 1. The summed E-state index contributed by atoms with van der Waals surface area (Å²) >= 11 is 0. The molecule has 1 aliphatic carbocycles. The third-order valence-corrected chi connectivity index (χ3v) is 5.66. The highest BCUT2D eigenvalue weighted by molar-refractivity contribution is 4.95. The van der Waals surface area contributed by atoms with Gasteiger partial charge in [-0.3, -0.25) is 4.90 Å². The lowest BCUT2D eigenvalue weighted by molar-refractivity contribution is 0.0964. The molecule has 4 atom stereocenters. The highest BCUT2D eigenvalue weighted by Crippen LogP contribution is 2.34. The Morgan fingerprint density at radius 3 is 2.50 bits per heavy atom. The van der Waals surface area contributed by atoms with E-state index in [1.807, 2.05) is 0 Å². The summed E-state index contributed by atoms with van der Waals surface area (Å²) in [6, 6.07) is 2.24. The first-order chi connectivity index (χ1) is 9.52. The molecule has 0 amide bonds. The van der Waals surface area contributed by atoms with Gasteiger partial charge in [-0.15, -0.1) is 0 Å². The van der Waals surface area contributed by atoms with E-state index in [2.05, 4.69) is 50.0 Å². The van der Waals surface area contributed by atoms with Crippen molar-refractivity contribution in [1.29, 1.82) is 0 Å². The highest BCUT2D eigenvalue weighted by atomic mass is 15.3. The first-order valence-electron chi connectivity index (χ1n) is 8.66. The van der Waals surface area contributed by atoms with E-state index in [0.717, 1.165) is 36.5 Å². The molecule has 0 bridgehead atoms. The van der Waals surface area contributed by atoms with E-state index in [0.29, 0.717) is 0 Å². The van der Waals surface area contributed by atoms with Gasteiger partial charge >= 0.3 is 0 Å². The Labute approximate surface area is 126 Å². The first-order valence-corrected chi connectivity index (χ1v) is 8.66. The summed E-state index contributed by atoms with van der Waals surface area (Å²) in [5.41, 5.74) is 0. The Balaban J connectivity index is 2.00. The van der Waals surface area contributed by atoms with Crippen molar-refractivity contribution in [2.45, 2.75) is 64.6 Å². The lowest BCUT2D eigenvalue weighted by Crippen LogP contribution is -2.53. The van der Waals surface area contributed by atoms with Crippen LogP contribution in [0.25, 0.3) is 0 Å². The fourth-order valence-corrected chi connectivity index (χ4v) is 4.18. The van der Waals surface area contributed by atoms with Crippen molar-refractivity contribution >= 4 is 0 Å². The molecule has 3 nitrogen and oxygen atoms in total. The minimum atomic E-state index is 0.718. The van der Waals surface area contributed by atoms with Crippen LogP contribution in [0.5, 0.6) is 0 Å². The van der Waals surface area contributed by atoms with E-state index in [-0.39, 0.29) is 0 Å². The van der Waals surface area contributed by atoms with Gasteiger partial charge in [0.2, 0.25) is 0 Å². The Kier molecular flexibility index (Phi) is 5.88. The molecule has 1 N–H and O–H groups in total. The minimum Gasteiger partial charge on any atom is -0.313 e. The van der Waals surface area contributed by atoms with Gasteiger partial charge in [0.05, 0.1) is 0 Å². The molecule has 0 radical (unpaired) electrons. The normalized spacial score (nSPS) is 36.1. The molecule has 0 aromatic heterocycles. The van der Waals surface area contributed by atoms with Crippen LogP contribution in [0, 0.1) is 11.8 Å². The molecule has 2 fully saturated rings. The van der Waals surface area contributed by atoms with Crippen LogP contribution in [-0.2, 0) is 0 Å². The summed E-state index contributed by atoms with van der Waals surface area (Å²) in [5, 5.41) is 3.76. The van der Waals surface area contributed by atoms with Crippen LogP contribution in [0.1, 0.15) is 46.5 Å². The van der Waals surface area contributed by atoms with Crippen LogP contribution in [-0.4, -0.2) is 61.7 Å². The number of hydrogen-bond acceptors (Lipinski definition) is 3. The number of nitrogens with one attached hydrogen (secondary N) is 1. The smallest absolute Gasteiger partial charge is 0.0252 e. The molecule has 1 heterocycles. The molecule has 2 aliphatic rings. The van der Waals surface area contributed by atoms with Crippen LogP contribution >= 0.6 is 0 Å². The minimum absolute atomic E-state index is 0.718. The van der Waals surface area contributed by atoms with Gasteiger partial charge in [-0.05, 0) is 58.2 Å². The molecule has 2 rings (SSSR count). The van der Waals surface area contributed by atoms with Crippen molar-refractivity contribution < 1.29 is 0 Å². The zero-order valence-corrected chi connectivity index (χ0v) is 14.2. The number of hydrogen-bond donors (Lipinski definition) is 1. The van der Waals surface area contributed by atoms with Crippen molar-refractivity contribution in [2.24, 2.45) is 11.8 Å². The highest BCUT2D eigenvalue weighted by Gasteiger charge is 2.38. The molecule has 0 aromatic carbocycles. The maximum absolute atomic E-state index is 3.76. The summed E-state index contributed by atoms with van der Waals surface area (Å²) in [4.78, 5) is 5.19. The third-order valence-electron chi connectivity index (χ3n) is 5.66. The third kappa shape index (κ3) is 3.75. The summed E-state index contributed by atoms with van der Waals surface area (Å²) in [6.07, 6.45) is 5.52. The molecular formula is C17H35N3. The van der Waals surface area contributed by atoms with Crippen LogP contribution in [0.15, 0.2) is 0 Å². The van der Waals surface area contributed by atoms with Gasteiger partial charge < -0.3 is 10.2 Å². The average Bonchev–Trinajstić information content (AvgIpc) is 2.89. The number of nitrogens with zero attached hydrogens (tertiary/aromatic N) is 2. The summed E-state index contributed by atoms with van der Waals surface area (Å²) in [7, 11) is 4.46. The lowest BCUT2D eigenvalue weighted by Gasteiger charge is -2.43. The lowest BCUT2D eigenvalue weighted by atomic mass is 9.76. The van der Waals surface area contributed by atoms with E-state index >= 15 is 0 Å². The van der Waals surface area contributed by atoms with Crippen LogP contribution in [0.4, 0.5) is 0 Å². The van der Waals surface area contributed by atoms with Gasteiger partial charge in [-0.2, -0.15) is 0 Å². The zero-order chi connectivity index (χ0) is 14.7. The van der Waals surface area contributed by atoms with Gasteiger partial charge in [0, 0.05) is 31.2 Å². The fraction of sp³-hybridized carbons (Fsp3) is 1.00. The fourth-order valence-electron chi connectivity index (χ4n) is 4.18. The second-order valence-electron chi connectivity index (χ2n) is 7.45. The van der Waals surface area contributed by atoms with E-state index in [4.69, 9.17) is 0 Å². The van der Waals surface area contributed by atoms with Crippen molar-refractivity contribution in [1.82, 2.24) is 15.1 Å². The second-order valence-corrected chi connectivity index (χ2v) is 7.45. The standard InChI is InChI=1S/C17H35N3/c1-6-18-16-8-7-14(13(2)3)11-17(16)20-10-9-15(12-20)19(4)5/h13-18H,6-12H2,1-5H3. The van der Waals surface area contributed by atoms with Gasteiger partial charge in [0.25, 0.3) is 0 Å². The number of likely N-dealkylation sites (N-methyl/N-ethyl adjacent to an activating group) is 2. The maximum Gasteiger partial charge on any atom is 0.0252 e. The Bertz CT molecular complexity index is 290. The van der Waals surface area contributed by atoms with Gasteiger partial charge in [-0.1, -0.05) is 20.8 Å². The Morgan fingerprint density at radius 2 is 1.95 bits per heavy atom. The van der Waals surface area contributed by atoms with E-state index in [1.165, 1.54) is 38.8 Å². The summed E-state index contributed by atoms with van der Waals surface area (Å²) in [6.45, 7) is 10.7. The van der Waals surface area contributed by atoms with Crippen LogP contribution in [0.2, 0.25) is 0 Å². The van der Waals surface area contributed by atoms with Crippen molar-refractivity contribution in [3.63, 3.8) is 0 Å². The molecule has 1 aliphatic heterocycles. The maximum atomic E-state index is 3.76. The molecule has 20 heavy (non-hydrogen) atoms. The van der Waals surface area contributed by atoms with E-state index in [9.17, 15) is 0 Å². The van der Waals surface area contributed by atoms with E-state index in [1.54, 1.807) is 0 Å².